The second-order valence-corrected chi connectivity index (χ2v) is 9.68. The first kappa shape index (κ1) is 23.9. The average molecular weight is 462 g/mol. The molecule has 0 saturated carbocycles. The van der Waals surface area contributed by atoms with Gasteiger partial charge in [0.25, 0.3) is 5.56 Å². The van der Waals surface area contributed by atoms with Crippen LogP contribution in [0.4, 0.5) is 0 Å². The van der Waals surface area contributed by atoms with Crippen LogP contribution in [0.2, 0.25) is 0 Å². The van der Waals surface area contributed by atoms with Gasteiger partial charge >= 0.3 is 11.7 Å². The number of allylic oxidation sites excluding steroid dienone is 4. The predicted octanol–water partition coefficient (Wildman–Crippen LogP) is 2.22. The number of hydrogen-bond donors (Lipinski definition) is 2. The van der Waals surface area contributed by atoms with Crippen LogP contribution in [0.5, 0.6) is 6.01 Å². The van der Waals surface area contributed by atoms with Crippen molar-refractivity contribution in [3.63, 3.8) is 0 Å². The second kappa shape index (κ2) is 10.3. The van der Waals surface area contributed by atoms with Gasteiger partial charge in [0, 0.05) is 38.2 Å². The number of aromatic nitrogens is 4. The van der Waals surface area contributed by atoms with Crippen molar-refractivity contribution < 1.29 is 9.84 Å². The number of rotatable bonds is 9. The Balaban J connectivity index is 2.17. The monoisotopic (exact) mass is 461 g/mol. The van der Waals surface area contributed by atoms with Gasteiger partial charge in [0.1, 0.15) is 5.76 Å². The topological polar surface area (TPSA) is 117 Å². The highest BCUT2D eigenvalue weighted by Crippen LogP contribution is 2.27. The number of aliphatic hydroxyl groups is 1. The summed E-state index contributed by atoms with van der Waals surface area (Å²) in [5.74, 6) is 0.675. The molecule has 1 aliphatic rings. The third-order valence-corrected chi connectivity index (χ3v) is 6.34. The van der Waals surface area contributed by atoms with Crippen molar-refractivity contribution in [3.05, 3.63) is 55.4 Å². The highest BCUT2D eigenvalue weighted by atomic mass is 32.2. The predicted molar refractivity (Wildman–Crippen MR) is 128 cm³/mol. The molecular weight excluding hydrogens is 430 g/mol. The summed E-state index contributed by atoms with van der Waals surface area (Å²) < 4.78 is 10.4. The molecule has 1 unspecified atom stereocenters. The molecule has 3 N–H and O–H groups in total. The fraction of sp³-hybridized carbons (Fsp3) is 0.500. The molecule has 0 radical (unpaired) electrons. The Kier molecular flexibility index (Phi) is 7.68. The summed E-state index contributed by atoms with van der Waals surface area (Å²) in [6, 6.07) is 0.269. The largest absolute Gasteiger partial charge is 0.426 e. The summed E-state index contributed by atoms with van der Waals surface area (Å²) in [7, 11) is 1.59. The van der Waals surface area contributed by atoms with E-state index in [9.17, 15) is 14.7 Å². The Hall–Kier alpha value is -2.72. The van der Waals surface area contributed by atoms with Crippen molar-refractivity contribution in [2.75, 3.05) is 6.61 Å². The third-order valence-electron chi connectivity index (χ3n) is 5.28. The number of thioether (sulfide) groups is 1. The minimum absolute atomic E-state index is 0.0645. The number of imidazole rings is 1. The summed E-state index contributed by atoms with van der Waals surface area (Å²) in [6.45, 7) is 6.46. The maximum absolute atomic E-state index is 13.3. The number of aliphatic hydroxyl groups excluding tert-OH is 1. The maximum atomic E-state index is 13.3. The minimum atomic E-state index is -0.468. The Morgan fingerprint density at radius 3 is 2.81 bits per heavy atom. The van der Waals surface area contributed by atoms with Gasteiger partial charge in [0.05, 0.1) is 0 Å². The molecule has 0 aromatic carbocycles. The van der Waals surface area contributed by atoms with Crippen LogP contribution in [0.1, 0.15) is 40.0 Å². The molecule has 0 bridgehead atoms. The standard InChI is InChI=1S/C22H31N5O4S/c1-14-7-5-8-17(11-14)31-21-24-19-18(27(21)13-16(3)32-15(2)12-23)20(29)26(9-6-10-28)22(30)25(19)4/h8,11-12,16,28H,5-7,9-10,13,23H2,1-4H3/b15-12-. The van der Waals surface area contributed by atoms with E-state index >= 15 is 0 Å². The van der Waals surface area contributed by atoms with Gasteiger partial charge in [-0.3, -0.25) is 18.5 Å². The Bertz CT molecular complexity index is 1200. The number of aryl methyl sites for hydroxylation is 1. The van der Waals surface area contributed by atoms with E-state index in [1.165, 1.54) is 10.1 Å². The SMILES string of the molecule is CC1=CC(Oc2nc3c(c(=O)n(CCCO)c(=O)n3C)n2CC(C)S/C(C)=C\N)=CCC1. The lowest BCUT2D eigenvalue weighted by atomic mass is 10.1. The fourth-order valence-corrected chi connectivity index (χ4v) is 4.61. The van der Waals surface area contributed by atoms with Crippen molar-refractivity contribution >= 4 is 22.9 Å². The van der Waals surface area contributed by atoms with E-state index in [1.807, 2.05) is 32.9 Å². The molecule has 0 aliphatic heterocycles. The smallest absolute Gasteiger partial charge is 0.332 e. The van der Waals surface area contributed by atoms with Crippen LogP contribution in [0.3, 0.4) is 0 Å². The van der Waals surface area contributed by atoms with Gasteiger partial charge in [-0.05, 0) is 50.2 Å². The molecule has 0 spiro atoms. The van der Waals surface area contributed by atoms with E-state index in [1.54, 1.807) is 29.6 Å². The maximum Gasteiger partial charge on any atom is 0.332 e. The molecule has 174 valence electrons. The molecule has 3 rings (SSSR count). The van der Waals surface area contributed by atoms with Crippen molar-refractivity contribution in [1.29, 1.82) is 0 Å². The van der Waals surface area contributed by atoms with Gasteiger partial charge < -0.3 is 15.6 Å². The van der Waals surface area contributed by atoms with Crippen molar-refractivity contribution in [1.82, 2.24) is 18.7 Å². The van der Waals surface area contributed by atoms with Gasteiger partial charge in [0.15, 0.2) is 11.2 Å². The van der Waals surface area contributed by atoms with Crippen molar-refractivity contribution in [3.8, 4) is 6.01 Å². The fourth-order valence-electron chi connectivity index (χ4n) is 3.67. The number of fused-ring (bicyclic) bond motifs is 1. The molecule has 2 aromatic heterocycles. The van der Waals surface area contributed by atoms with E-state index in [0.717, 1.165) is 22.3 Å². The van der Waals surface area contributed by atoms with Crippen LogP contribution in [0.25, 0.3) is 11.2 Å². The quantitative estimate of drug-likeness (QED) is 0.588. The average Bonchev–Trinajstić information content (AvgIpc) is 3.10. The van der Waals surface area contributed by atoms with E-state index in [2.05, 4.69) is 4.98 Å². The van der Waals surface area contributed by atoms with E-state index in [-0.39, 0.29) is 30.1 Å². The minimum Gasteiger partial charge on any atom is -0.426 e. The van der Waals surface area contributed by atoms with Crippen LogP contribution >= 0.6 is 11.8 Å². The zero-order valence-corrected chi connectivity index (χ0v) is 19.8. The molecule has 0 amide bonds. The highest BCUT2D eigenvalue weighted by Gasteiger charge is 2.23. The number of nitrogens with two attached hydrogens (primary N) is 1. The molecule has 1 aliphatic carbocycles. The zero-order valence-electron chi connectivity index (χ0n) is 19.0. The van der Waals surface area contributed by atoms with E-state index < -0.39 is 11.2 Å². The number of nitrogens with zero attached hydrogens (tertiary/aromatic N) is 4. The Labute approximate surface area is 190 Å². The summed E-state index contributed by atoms with van der Waals surface area (Å²) in [6.07, 6.45) is 7.67. The van der Waals surface area contributed by atoms with Crippen molar-refractivity contribution in [2.45, 2.75) is 58.4 Å². The molecule has 10 heteroatoms. The summed E-state index contributed by atoms with van der Waals surface area (Å²) in [4.78, 5) is 31.6. The summed E-state index contributed by atoms with van der Waals surface area (Å²) >= 11 is 1.59. The molecule has 0 fully saturated rings. The van der Waals surface area contributed by atoms with E-state index in [4.69, 9.17) is 10.5 Å². The van der Waals surface area contributed by atoms with Gasteiger partial charge in [-0.2, -0.15) is 4.98 Å². The third kappa shape index (κ3) is 5.02. The first-order valence-corrected chi connectivity index (χ1v) is 11.6. The molecule has 2 aromatic rings. The molecule has 32 heavy (non-hydrogen) atoms. The zero-order chi connectivity index (χ0) is 23.4. The molecular formula is C22H31N5O4S. The molecule has 2 heterocycles. The highest BCUT2D eigenvalue weighted by molar-refractivity contribution is 8.03. The van der Waals surface area contributed by atoms with Gasteiger partial charge in [-0.1, -0.05) is 12.5 Å². The van der Waals surface area contributed by atoms with Crippen LogP contribution in [-0.2, 0) is 20.1 Å². The lowest BCUT2D eigenvalue weighted by Gasteiger charge is -2.17. The van der Waals surface area contributed by atoms with Crippen LogP contribution in [-0.4, -0.2) is 35.6 Å². The lowest BCUT2D eigenvalue weighted by Crippen LogP contribution is -2.40. The molecule has 1 atom stereocenters. The number of ether oxygens (including phenoxy) is 1. The normalized spacial score (nSPS) is 15.6. The van der Waals surface area contributed by atoms with Gasteiger partial charge in [0.2, 0.25) is 0 Å². The second-order valence-electron chi connectivity index (χ2n) is 8.00. The van der Waals surface area contributed by atoms with Crippen molar-refractivity contribution in [2.24, 2.45) is 12.8 Å². The van der Waals surface area contributed by atoms with E-state index in [0.29, 0.717) is 24.2 Å². The first-order chi connectivity index (χ1) is 15.3. The van der Waals surface area contributed by atoms with Crippen LogP contribution in [0, 0.1) is 0 Å². The van der Waals surface area contributed by atoms with Gasteiger partial charge in [-0.15, -0.1) is 11.8 Å². The Morgan fingerprint density at radius 2 is 2.16 bits per heavy atom. The first-order valence-electron chi connectivity index (χ1n) is 10.7. The lowest BCUT2D eigenvalue weighted by molar-refractivity contribution is 0.277. The molecule has 9 nitrogen and oxygen atoms in total. The van der Waals surface area contributed by atoms with Crippen LogP contribution in [0.15, 0.2) is 44.2 Å². The Morgan fingerprint density at radius 1 is 1.41 bits per heavy atom. The molecule has 0 saturated heterocycles. The van der Waals surface area contributed by atoms with Crippen LogP contribution < -0.4 is 21.7 Å². The number of hydrogen-bond acceptors (Lipinski definition) is 7. The summed E-state index contributed by atoms with van der Waals surface area (Å²) in [5.41, 5.74) is 6.50. The summed E-state index contributed by atoms with van der Waals surface area (Å²) in [5, 5.41) is 9.25. The van der Waals surface area contributed by atoms with Gasteiger partial charge in [-0.25, -0.2) is 4.79 Å².